The van der Waals surface area contributed by atoms with Crippen molar-refractivity contribution in [3.05, 3.63) is 67.1 Å². The summed E-state index contributed by atoms with van der Waals surface area (Å²) in [6.45, 7) is 2.07. The summed E-state index contributed by atoms with van der Waals surface area (Å²) >= 11 is 16.9. The molecular formula is C14H10Br3Cl. The summed E-state index contributed by atoms with van der Waals surface area (Å²) < 4.78 is 2.19. The zero-order valence-electron chi connectivity index (χ0n) is 9.55. The molecule has 0 aliphatic rings. The molecule has 4 heteroatoms. The predicted octanol–water partition coefficient (Wildman–Crippen LogP) is 6.66. The topological polar surface area (TPSA) is 0 Å². The molecule has 0 heterocycles. The van der Waals surface area contributed by atoms with Gasteiger partial charge in [-0.3, -0.25) is 0 Å². The highest BCUT2D eigenvalue weighted by molar-refractivity contribution is 9.11. The average Bonchev–Trinajstić information content (AvgIpc) is 2.33. The Morgan fingerprint density at radius 2 is 1.78 bits per heavy atom. The third-order valence-electron chi connectivity index (χ3n) is 2.69. The second-order valence-corrected chi connectivity index (χ2v) is 7.10. The van der Waals surface area contributed by atoms with Crippen LogP contribution in [0, 0.1) is 6.92 Å². The van der Waals surface area contributed by atoms with Gasteiger partial charge in [-0.05, 0) is 47.9 Å². The Kier molecular flexibility index (Phi) is 4.92. The molecule has 0 aliphatic heterocycles. The first-order chi connectivity index (χ1) is 8.49. The molecule has 0 nitrogen and oxygen atoms in total. The summed E-state index contributed by atoms with van der Waals surface area (Å²) in [5, 5.41) is 0.749. The molecule has 0 fully saturated rings. The SMILES string of the molecule is Cc1cc(Br)c(C(Br)c2cccc(Cl)c2)cc1Br. The fourth-order valence-corrected chi connectivity index (χ4v) is 3.92. The minimum absolute atomic E-state index is 0.113. The van der Waals surface area contributed by atoms with Gasteiger partial charge in [0.2, 0.25) is 0 Å². The van der Waals surface area contributed by atoms with Crippen LogP contribution in [0.15, 0.2) is 45.3 Å². The average molecular weight is 453 g/mol. The fraction of sp³-hybridized carbons (Fsp3) is 0.143. The standard InChI is InChI=1S/C14H10Br3Cl/c1-8-5-13(16)11(7-12(8)15)14(17)9-3-2-4-10(18)6-9/h2-7,14H,1H3. The Balaban J connectivity index is 2.46. The van der Waals surface area contributed by atoms with E-state index in [0.717, 1.165) is 19.5 Å². The van der Waals surface area contributed by atoms with Crippen LogP contribution in [-0.4, -0.2) is 0 Å². The van der Waals surface area contributed by atoms with Gasteiger partial charge in [-0.1, -0.05) is 71.5 Å². The number of hydrogen-bond acceptors (Lipinski definition) is 0. The monoisotopic (exact) mass is 450 g/mol. The molecule has 0 radical (unpaired) electrons. The Morgan fingerprint density at radius 1 is 1.06 bits per heavy atom. The third kappa shape index (κ3) is 3.19. The molecule has 0 saturated heterocycles. The van der Waals surface area contributed by atoms with Gasteiger partial charge >= 0.3 is 0 Å². The Hall–Kier alpha value is 0.170. The predicted molar refractivity (Wildman–Crippen MR) is 88.8 cm³/mol. The van der Waals surface area contributed by atoms with Crippen molar-refractivity contribution in [1.82, 2.24) is 0 Å². The van der Waals surface area contributed by atoms with E-state index in [1.54, 1.807) is 0 Å². The van der Waals surface area contributed by atoms with Crippen molar-refractivity contribution in [2.75, 3.05) is 0 Å². The molecule has 1 atom stereocenters. The zero-order chi connectivity index (χ0) is 13.3. The van der Waals surface area contributed by atoms with Crippen LogP contribution in [0.1, 0.15) is 21.5 Å². The maximum absolute atomic E-state index is 6.03. The van der Waals surface area contributed by atoms with Crippen LogP contribution in [0.25, 0.3) is 0 Å². The smallest absolute Gasteiger partial charge is 0.0656 e. The van der Waals surface area contributed by atoms with Gasteiger partial charge in [0.05, 0.1) is 4.83 Å². The first-order valence-corrected chi connectivity index (χ1v) is 8.22. The lowest BCUT2D eigenvalue weighted by Crippen LogP contribution is -1.95. The van der Waals surface area contributed by atoms with E-state index in [2.05, 4.69) is 72.9 Å². The van der Waals surface area contributed by atoms with Crippen LogP contribution >= 0.6 is 59.4 Å². The Morgan fingerprint density at radius 3 is 2.44 bits per heavy atom. The molecule has 0 aromatic heterocycles. The van der Waals surface area contributed by atoms with E-state index in [0.29, 0.717) is 0 Å². The van der Waals surface area contributed by atoms with Crippen LogP contribution in [0.4, 0.5) is 0 Å². The summed E-state index contributed by atoms with van der Waals surface area (Å²) in [6.07, 6.45) is 0. The Bertz CT molecular complexity index is 581. The van der Waals surface area contributed by atoms with Gasteiger partial charge in [0.15, 0.2) is 0 Å². The Labute approximate surface area is 137 Å². The molecule has 1 unspecified atom stereocenters. The zero-order valence-corrected chi connectivity index (χ0v) is 15.1. The van der Waals surface area contributed by atoms with Crippen molar-refractivity contribution in [1.29, 1.82) is 0 Å². The number of aryl methyl sites for hydroxylation is 1. The highest BCUT2D eigenvalue weighted by Gasteiger charge is 2.15. The van der Waals surface area contributed by atoms with E-state index in [9.17, 15) is 0 Å². The van der Waals surface area contributed by atoms with Gasteiger partial charge in [0, 0.05) is 14.0 Å². The molecule has 2 rings (SSSR count). The number of hydrogen-bond donors (Lipinski definition) is 0. The highest BCUT2D eigenvalue weighted by atomic mass is 79.9. The van der Waals surface area contributed by atoms with Crippen molar-refractivity contribution < 1.29 is 0 Å². The normalized spacial score (nSPS) is 12.5. The highest BCUT2D eigenvalue weighted by Crippen LogP contribution is 2.38. The van der Waals surface area contributed by atoms with E-state index in [1.807, 2.05) is 18.2 Å². The molecule has 18 heavy (non-hydrogen) atoms. The van der Waals surface area contributed by atoms with Gasteiger partial charge in [0.25, 0.3) is 0 Å². The second kappa shape index (κ2) is 6.08. The third-order valence-corrected chi connectivity index (χ3v) is 5.49. The van der Waals surface area contributed by atoms with Crippen molar-refractivity contribution >= 4 is 59.4 Å². The molecule has 2 aromatic carbocycles. The summed E-state index contributed by atoms with van der Waals surface area (Å²) in [7, 11) is 0. The van der Waals surface area contributed by atoms with Crippen LogP contribution in [0.3, 0.4) is 0 Å². The largest absolute Gasteiger partial charge is 0.0843 e. The van der Waals surface area contributed by atoms with Crippen molar-refractivity contribution in [3.8, 4) is 0 Å². The number of alkyl halides is 1. The van der Waals surface area contributed by atoms with E-state index >= 15 is 0 Å². The maximum atomic E-state index is 6.03. The number of halogens is 4. The first kappa shape index (κ1) is 14.6. The number of rotatable bonds is 2. The minimum Gasteiger partial charge on any atom is -0.0843 e. The second-order valence-electron chi connectivity index (χ2n) is 4.04. The summed E-state index contributed by atoms with van der Waals surface area (Å²) in [6, 6.07) is 12.1. The van der Waals surface area contributed by atoms with Gasteiger partial charge in [-0.25, -0.2) is 0 Å². The summed E-state index contributed by atoms with van der Waals surface area (Å²) in [5.74, 6) is 0. The van der Waals surface area contributed by atoms with E-state index in [4.69, 9.17) is 11.6 Å². The molecule has 0 spiro atoms. The molecule has 94 valence electrons. The molecule has 0 saturated carbocycles. The van der Waals surface area contributed by atoms with Gasteiger partial charge in [-0.2, -0.15) is 0 Å². The van der Waals surface area contributed by atoms with Crippen molar-refractivity contribution in [3.63, 3.8) is 0 Å². The van der Waals surface area contributed by atoms with Crippen LogP contribution in [-0.2, 0) is 0 Å². The lowest BCUT2D eigenvalue weighted by Gasteiger charge is -2.14. The molecule has 2 aromatic rings. The summed E-state index contributed by atoms with van der Waals surface area (Å²) in [5.41, 5.74) is 3.52. The van der Waals surface area contributed by atoms with Gasteiger partial charge in [0.1, 0.15) is 0 Å². The number of benzene rings is 2. The fourth-order valence-electron chi connectivity index (χ4n) is 1.70. The minimum atomic E-state index is 0.113. The van der Waals surface area contributed by atoms with Gasteiger partial charge in [-0.15, -0.1) is 0 Å². The molecular weight excluding hydrogens is 443 g/mol. The lowest BCUT2D eigenvalue weighted by molar-refractivity contribution is 1.15. The van der Waals surface area contributed by atoms with Crippen molar-refractivity contribution in [2.24, 2.45) is 0 Å². The summed E-state index contributed by atoms with van der Waals surface area (Å²) in [4.78, 5) is 0.113. The van der Waals surface area contributed by atoms with Crippen LogP contribution < -0.4 is 0 Å². The van der Waals surface area contributed by atoms with Crippen LogP contribution in [0.2, 0.25) is 5.02 Å². The first-order valence-electron chi connectivity index (χ1n) is 5.34. The maximum Gasteiger partial charge on any atom is 0.0656 e. The quantitative estimate of drug-likeness (QED) is 0.446. The van der Waals surface area contributed by atoms with E-state index < -0.39 is 0 Å². The molecule has 0 amide bonds. The van der Waals surface area contributed by atoms with Crippen LogP contribution in [0.5, 0.6) is 0 Å². The molecule has 0 N–H and O–H groups in total. The van der Waals surface area contributed by atoms with E-state index in [1.165, 1.54) is 11.1 Å². The lowest BCUT2D eigenvalue weighted by atomic mass is 10.0. The van der Waals surface area contributed by atoms with E-state index in [-0.39, 0.29) is 4.83 Å². The van der Waals surface area contributed by atoms with Crippen molar-refractivity contribution in [2.45, 2.75) is 11.8 Å². The molecule has 0 aliphatic carbocycles. The van der Waals surface area contributed by atoms with Gasteiger partial charge < -0.3 is 0 Å². The molecule has 0 bridgehead atoms.